The van der Waals surface area contributed by atoms with Crippen LogP contribution in [0.4, 0.5) is 0 Å². The number of carbonyl (C=O) groups is 1. The van der Waals surface area contributed by atoms with Gasteiger partial charge in [-0.1, -0.05) is 6.92 Å². The highest BCUT2D eigenvalue weighted by molar-refractivity contribution is 7.11. The van der Waals surface area contributed by atoms with Crippen molar-refractivity contribution in [2.45, 2.75) is 45.3 Å². The molecule has 5 heteroatoms. The van der Waals surface area contributed by atoms with Gasteiger partial charge in [0.1, 0.15) is 0 Å². The van der Waals surface area contributed by atoms with Gasteiger partial charge in [-0.05, 0) is 31.6 Å². The number of aromatic carboxylic acids is 1. The van der Waals surface area contributed by atoms with Crippen molar-refractivity contribution in [2.24, 2.45) is 5.92 Å². The molecule has 0 spiro atoms. The van der Waals surface area contributed by atoms with Gasteiger partial charge in [-0.3, -0.25) is 0 Å². The molecule has 1 aromatic heterocycles. The van der Waals surface area contributed by atoms with Gasteiger partial charge in [-0.25, -0.2) is 9.78 Å². The summed E-state index contributed by atoms with van der Waals surface area (Å²) in [5, 5.41) is 10.6. The van der Waals surface area contributed by atoms with Crippen LogP contribution in [0.1, 0.15) is 48.1 Å². The van der Waals surface area contributed by atoms with E-state index in [1.165, 1.54) is 12.8 Å². The minimum atomic E-state index is -0.965. The number of ether oxygens (including phenoxy) is 1. The number of hydrogen-bond donors (Lipinski definition) is 1. The van der Waals surface area contributed by atoms with Gasteiger partial charge in [-0.15, -0.1) is 11.3 Å². The molecule has 0 bridgehead atoms. The largest absolute Gasteiger partial charge is 0.476 e. The molecule has 0 aliphatic heterocycles. The summed E-state index contributed by atoms with van der Waals surface area (Å²) in [6, 6.07) is 0. The lowest BCUT2D eigenvalue weighted by atomic mass is 9.89. The van der Waals surface area contributed by atoms with Gasteiger partial charge in [0.2, 0.25) is 5.01 Å². The highest BCUT2D eigenvalue weighted by Crippen LogP contribution is 2.26. The maximum Gasteiger partial charge on any atom is 0.365 e. The van der Waals surface area contributed by atoms with Crippen LogP contribution < -0.4 is 0 Å². The van der Waals surface area contributed by atoms with Crippen molar-refractivity contribution >= 4 is 17.3 Å². The zero-order valence-electron chi connectivity index (χ0n) is 9.89. The molecule has 2 rings (SSSR count). The second-order valence-electron chi connectivity index (χ2n) is 4.64. The lowest BCUT2D eigenvalue weighted by Gasteiger charge is -2.25. The average molecular weight is 255 g/mol. The molecular formula is C12H17NO3S. The first-order chi connectivity index (χ1) is 8.15. The van der Waals surface area contributed by atoms with Gasteiger partial charge in [0, 0.05) is 5.38 Å². The molecule has 1 aromatic rings. The minimum absolute atomic E-state index is 0.140. The summed E-state index contributed by atoms with van der Waals surface area (Å²) in [6.45, 7) is 2.71. The van der Waals surface area contributed by atoms with Crippen molar-refractivity contribution in [1.82, 2.24) is 4.98 Å². The Morgan fingerprint density at radius 2 is 2.24 bits per heavy atom. The molecule has 0 amide bonds. The molecule has 17 heavy (non-hydrogen) atoms. The van der Waals surface area contributed by atoms with Crippen LogP contribution in [-0.2, 0) is 11.3 Å². The fourth-order valence-corrected chi connectivity index (χ4v) is 2.71. The molecule has 94 valence electrons. The fourth-order valence-electron chi connectivity index (χ4n) is 2.07. The predicted octanol–water partition coefficient (Wildman–Crippen LogP) is 2.94. The highest BCUT2D eigenvalue weighted by atomic mass is 32.1. The lowest BCUT2D eigenvalue weighted by molar-refractivity contribution is 0.00743. The zero-order valence-corrected chi connectivity index (χ0v) is 10.7. The van der Waals surface area contributed by atoms with Crippen LogP contribution in [0.15, 0.2) is 5.38 Å². The van der Waals surface area contributed by atoms with E-state index in [9.17, 15) is 4.79 Å². The molecule has 0 radical (unpaired) electrons. The molecule has 1 saturated carbocycles. The van der Waals surface area contributed by atoms with Crippen molar-refractivity contribution in [3.63, 3.8) is 0 Å². The minimum Gasteiger partial charge on any atom is -0.476 e. The molecule has 0 atom stereocenters. The summed E-state index contributed by atoms with van der Waals surface area (Å²) in [6.07, 6.45) is 4.99. The van der Waals surface area contributed by atoms with Crippen molar-refractivity contribution in [3.8, 4) is 0 Å². The Morgan fingerprint density at radius 3 is 2.82 bits per heavy atom. The Kier molecular flexibility index (Phi) is 4.12. The third-order valence-corrected chi connectivity index (χ3v) is 4.04. The number of rotatable bonds is 4. The zero-order chi connectivity index (χ0) is 12.3. The SMILES string of the molecule is CC1CCC(OCc2csc(C(=O)O)n2)CC1. The maximum absolute atomic E-state index is 10.7. The second-order valence-corrected chi connectivity index (χ2v) is 5.50. The van der Waals surface area contributed by atoms with Crippen molar-refractivity contribution in [2.75, 3.05) is 0 Å². The molecule has 1 aliphatic carbocycles. The smallest absolute Gasteiger partial charge is 0.365 e. The van der Waals surface area contributed by atoms with E-state index < -0.39 is 5.97 Å². The molecule has 1 heterocycles. The number of nitrogens with zero attached hydrogens (tertiary/aromatic N) is 1. The second kappa shape index (κ2) is 5.60. The normalized spacial score (nSPS) is 24.8. The lowest BCUT2D eigenvalue weighted by Crippen LogP contribution is -2.20. The number of aromatic nitrogens is 1. The van der Waals surface area contributed by atoms with E-state index in [4.69, 9.17) is 9.84 Å². The molecular weight excluding hydrogens is 238 g/mol. The van der Waals surface area contributed by atoms with E-state index in [1.54, 1.807) is 5.38 Å². The Hall–Kier alpha value is -0.940. The van der Waals surface area contributed by atoms with Crippen LogP contribution >= 0.6 is 11.3 Å². The van der Waals surface area contributed by atoms with Gasteiger partial charge >= 0.3 is 5.97 Å². The number of carboxylic acids is 1. The molecule has 1 aliphatic rings. The summed E-state index contributed by atoms with van der Waals surface area (Å²) in [5.74, 6) is -0.152. The monoisotopic (exact) mass is 255 g/mol. The topological polar surface area (TPSA) is 59.4 Å². The van der Waals surface area contributed by atoms with Gasteiger partial charge in [0.05, 0.1) is 18.4 Å². The molecule has 1 N–H and O–H groups in total. The number of hydrogen-bond acceptors (Lipinski definition) is 4. The van der Waals surface area contributed by atoms with Crippen LogP contribution in [0.2, 0.25) is 0 Å². The molecule has 0 unspecified atom stereocenters. The van der Waals surface area contributed by atoms with Crippen molar-refractivity contribution in [3.05, 3.63) is 16.1 Å². The first-order valence-corrected chi connectivity index (χ1v) is 6.82. The standard InChI is InChI=1S/C12H17NO3S/c1-8-2-4-10(5-3-8)16-6-9-7-17-11(13-9)12(14)15/h7-8,10H,2-6H2,1H3,(H,14,15). The molecule has 0 aromatic carbocycles. The van der Waals surface area contributed by atoms with Gasteiger partial charge in [0.25, 0.3) is 0 Å². The van der Waals surface area contributed by atoms with Crippen LogP contribution in [0.5, 0.6) is 0 Å². The van der Waals surface area contributed by atoms with Gasteiger partial charge in [0.15, 0.2) is 0 Å². The Balaban J connectivity index is 1.79. The number of carboxylic acid groups (broad SMARTS) is 1. The molecule has 1 fully saturated rings. The van der Waals surface area contributed by atoms with E-state index in [-0.39, 0.29) is 5.01 Å². The van der Waals surface area contributed by atoms with Crippen molar-refractivity contribution < 1.29 is 14.6 Å². The highest BCUT2D eigenvalue weighted by Gasteiger charge is 2.19. The van der Waals surface area contributed by atoms with Gasteiger partial charge < -0.3 is 9.84 Å². The van der Waals surface area contributed by atoms with Gasteiger partial charge in [-0.2, -0.15) is 0 Å². The fraction of sp³-hybridized carbons (Fsp3) is 0.667. The van der Waals surface area contributed by atoms with E-state index in [2.05, 4.69) is 11.9 Å². The predicted molar refractivity (Wildman–Crippen MR) is 65.3 cm³/mol. The molecule has 4 nitrogen and oxygen atoms in total. The van der Waals surface area contributed by atoms with Crippen molar-refractivity contribution in [1.29, 1.82) is 0 Å². The average Bonchev–Trinajstić information content (AvgIpc) is 2.77. The first kappa shape index (κ1) is 12.5. The van der Waals surface area contributed by atoms with E-state index in [1.807, 2.05) is 0 Å². The Morgan fingerprint density at radius 1 is 1.53 bits per heavy atom. The van der Waals surface area contributed by atoms with Crippen LogP contribution in [0, 0.1) is 5.92 Å². The van der Waals surface area contributed by atoms with Crippen LogP contribution in [0.25, 0.3) is 0 Å². The number of thiazole rings is 1. The summed E-state index contributed by atoms with van der Waals surface area (Å²) in [5.41, 5.74) is 0.728. The molecule has 0 saturated heterocycles. The Bertz CT molecular complexity index is 383. The first-order valence-electron chi connectivity index (χ1n) is 5.94. The van der Waals surface area contributed by atoms with Crippen LogP contribution in [0.3, 0.4) is 0 Å². The van der Waals surface area contributed by atoms with E-state index in [0.29, 0.717) is 12.7 Å². The maximum atomic E-state index is 10.7. The summed E-state index contributed by atoms with van der Waals surface area (Å²) in [7, 11) is 0. The van der Waals surface area contributed by atoms with E-state index in [0.717, 1.165) is 35.8 Å². The van der Waals surface area contributed by atoms with Crippen LogP contribution in [-0.4, -0.2) is 22.2 Å². The summed E-state index contributed by atoms with van der Waals surface area (Å²) < 4.78 is 5.76. The quantitative estimate of drug-likeness (QED) is 0.898. The third-order valence-electron chi connectivity index (χ3n) is 3.16. The van der Waals surface area contributed by atoms with E-state index >= 15 is 0 Å². The summed E-state index contributed by atoms with van der Waals surface area (Å²) >= 11 is 1.15. The Labute approximate surface area is 105 Å². The third kappa shape index (κ3) is 3.51. The summed E-state index contributed by atoms with van der Waals surface area (Å²) in [4.78, 5) is 14.7.